The Morgan fingerprint density at radius 3 is 2.78 bits per heavy atom. The van der Waals surface area contributed by atoms with Gasteiger partial charge in [0, 0.05) is 9.75 Å². The van der Waals surface area contributed by atoms with E-state index in [1.54, 1.807) is 11.3 Å². The van der Waals surface area contributed by atoms with Gasteiger partial charge in [-0.25, -0.2) is 0 Å². The first-order valence-electron chi connectivity index (χ1n) is 6.81. The van der Waals surface area contributed by atoms with E-state index in [0.29, 0.717) is 6.54 Å². The molecule has 2 N–H and O–H groups in total. The average molecular weight is 266 g/mol. The molecule has 0 spiro atoms. The van der Waals surface area contributed by atoms with Gasteiger partial charge in [-0.15, -0.1) is 11.3 Å². The van der Waals surface area contributed by atoms with Crippen LogP contribution in [0, 0.1) is 0 Å². The predicted octanol–water partition coefficient (Wildman–Crippen LogP) is 2.46. The van der Waals surface area contributed by atoms with Crippen LogP contribution in [-0.2, 0) is 17.8 Å². The molecule has 18 heavy (non-hydrogen) atoms. The summed E-state index contributed by atoms with van der Waals surface area (Å²) in [6.07, 6.45) is 3.99. The lowest BCUT2D eigenvalue weighted by Crippen LogP contribution is -2.52. The summed E-state index contributed by atoms with van der Waals surface area (Å²) in [5.41, 5.74) is -0.315. The van der Waals surface area contributed by atoms with Gasteiger partial charge in [0.2, 0.25) is 5.91 Å². The van der Waals surface area contributed by atoms with E-state index in [1.807, 2.05) is 0 Å². The standard InChI is InChI=1S/C14H22N2OS/c1-3-11-6-7-12(18-11)10-15-13(17)14(4-2)8-5-9-16-14/h6-7,16H,3-5,8-10H2,1-2H3,(H,15,17). The first kappa shape index (κ1) is 13.6. The van der Waals surface area contributed by atoms with Crippen molar-refractivity contribution in [3.05, 3.63) is 21.9 Å². The Hall–Kier alpha value is -0.870. The molecule has 1 atom stereocenters. The van der Waals surface area contributed by atoms with E-state index < -0.39 is 0 Å². The van der Waals surface area contributed by atoms with Crippen molar-refractivity contribution in [2.45, 2.75) is 51.6 Å². The summed E-state index contributed by atoms with van der Waals surface area (Å²) in [5.74, 6) is 0.161. The Balaban J connectivity index is 1.91. The van der Waals surface area contributed by atoms with Gasteiger partial charge >= 0.3 is 0 Å². The van der Waals surface area contributed by atoms with Gasteiger partial charge in [0.05, 0.1) is 12.1 Å². The van der Waals surface area contributed by atoms with E-state index in [1.165, 1.54) is 9.75 Å². The van der Waals surface area contributed by atoms with Crippen molar-refractivity contribution in [2.24, 2.45) is 0 Å². The van der Waals surface area contributed by atoms with E-state index >= 15 is 0 Å². The monoisotopic (exact) mass is 266 g/mol. The highest BCUT2D eigenvalue weighted by atomic mass is 32.1. The zero-order valence-corrected chi connectivity index (χ0v) is 12.0. The molecule has 1 aliphatic rings. The molecule has 100 valence electrons. The van der Waals surface area contributed by atoms with Gasteiger partial charge in [-0.2, -0.15) is 0 Å². The molecule has 1 aliphatic heterocycles. The second-order valence-electron chi connectivity index (χ2n) is 4.87. The summed E-state index contributed by atoms with van der Waals surface area (Å²) in [6.45, 7) is 5.86. The van der Waals surface area contributed by atoms with Crippen LogP contribution in [0.15, 0.2) is 12.1 Å². The zero-order chi connectivity index (χ0) is 13.0. The van der Waals surface area contributed by atoms with Gasteiger partial charge in [-0.1, -0.05) is 13.8 Å². The van der Waals surface area contributed by atoms with E-state index in [0.717, 1.165) is 32.2 Å². The molecule has 1 fully saturated rings. The number of amides is 1. The number of rotatable bonds is 5. The summed E-state index contributed by atoms with van der Waals surface area (Å²) >= 11 is 1.79. The lowest BCUT2D eigenvalue weighted by molar-refractivity contribution is -0.127. The van der Waals surface area contributed by atoms with Crippen LogP contribution in [0.25, 0.3) is 0 Å². The molecule has 1 amide bonds. The summed E-state index contributed by atoms with van der Waals surface area (Å²) < 4.78 is 0. The Morgan fingerprint density at radius 1 is 1.44 bits per heavy atom. The second-order valence-corrected chi connectivity index (χ2v) is 6.12. The van der Waals surface area contributed by atoms with Crippen LogP contribution >= 0.6 is 11.3 Å². The molecule has 1 saturated heterocycles. The van der Waals surface area contributed by atoms with Crippen LogP contribution in [0.3, 0.4) is 0 Å². The highest BCUT2D eigenvalue weighted by Crippen LogP contribution is 2.23. The maximum Gasteiger partial charge on any atom is 0.240 e. The molecule has 1 unspecified atom stereocenters. The molecule has 2 rings (SSSR count). The van der Waals surface area contributed by atoms with E-state index in [9.17, 15) is 4.79 Å². The van der Waals surface area contributed by atoms with Crippen molar-refractivity contribution < 1.29 is 4.79 Å². The fourth-order valence-electron chi connectivity index (χ4n) is 2.51. The Kier molecular flexibility index (Phi) is 4.40. The number of aryl methyl sites for hydroxylation is 1. The van der Waals surface area contributed by atoms with Crippen molar-refractivity contribution in [2.75, 3.05) is 6.54 Å². The van der Waals surface area contributed by atoms with Gasteiger partial charge in [0.1, 0.15) is 0 Å². The number of hydrogen-bond acceptors (Lipinski definition) is 3. The minimum Gasteiger partial charge on any atom is -0.350 e. The van der Waals surface area contributed by atoms with Crippen molar-refractivity contribution in [1.82, 2.24) is 10.6 Å². The van der Waals surface area contributed by atoms with Crippen LogP contribution in [0.4, 0.5) is 0 Å². The van der Waals surface area contributed by atoms with Gasteiger partial charge in [0.25, 0.3) is 0 Å². The molecule has 1 aromatic heterocycles. The smallest absolute Gasteiger partial charge is 0.240 e. The Bertz CT molecular complexity index is 408. The number of carbonyl (C=O) groups excluding carboxylic acids is 1. The molecule has 2 heterocycles. The highest BCUT2D eigenvalue weighted by Gasteiger charge is 2.38. The molecule has 0 radical (unpaired) electrons. The molecule has 0 saturated carbocycles. The topological polar surface area (TPSA) is 41.1 Å². The normalized spacial score (nSPS) is 23.2. The third-order valence-corrected chi connectivity index (χ3v) is 5.00. The first-order chi connectivity index (χ1) is 8.70. The minimum atomic E-state index is -0.315. The van der Waals surface area contributed by atoms with Crippen molar-refractivity contribution in [3.63, 3.8) is 0 Å². The van der Waals surface area contributed by atoms with Gasteiger partial charge < -0.3 is 10.6 Å². The largest absolute Gasteiger partial charge is 0.350 e. The number of hydrogen-bond donors (Lipinski definition) is 2. The molecule has 3 nitrogen and oxygen atoms in total. The summed E-state index contributed by atoms with van der Waals surface area (Å²) in [6, 6.07) is 4.26. The van der Waals surface area contributed by atoms with Gasteiger partial charge in [-0.3, -0.25) is 4.79 Å². The fraction of sp³-hybridized carbons (Fsp3) is 0.643. The van der Waals surface area contributed by atoms with Crippen molar-refractivity contribution >= 4 is 17.2 Å². The summed E-state index contributed by atoms with van der Waals surface area (Å²) in [5, 5.41) is 6.44. The lowest BCUT2D eigenvalue weighted by Gasteiger charge is -2.26. The van der Waals surface area contributed by atoms with Crippen LogP contribution in [0.2, 0.25) is 0 Å². The molecule has 0 bridgehead atoms. The third kappa shape index (κ3) is 2.75. The molecule has 0 aromatic carbocycles. The van der Waals surface area contributed by atoms with E-state index in [-0.39, 0.29) is 11.4 Å². The number of nitrogens with one attached hydrogen (secondary N) is 2. The second kappa shape index (κ2) is 5.85. The summed E-state index contributed by atoms with van der Waals surface area (Å²) in [4.78, 5) is 14.9. The predicted molar refractivity (Wildman–Crippen MR) is 75.8 cm³/mol. The molecular formula is C14H22N2OS. The van der Waals surface area contributed by atoms with E-state index in [2.05, 4.69) is 36.6 Å². The number of thiophene rings is 1. The Morgan fingerprint density at radius 2 is 2.22 bits per heavy atom. The van der Waals surface area contributed by atoms with Crippen molar-refractivity contribution in [1.29, 1.82) is 0 Å². The van der Waals surface area contributed by atoms with Crippen molar-refractivity contribution in [3.8, 4) is 0 Å². The highest BCUT2D eigenvalue weighted by molar-refractivity contribution is 7.11. The summed E-state index contributed by atoms with van der Waals surface area (Å²) in [7, 11) is 0. The number of carbonyl (C=O) groups is 1. The lowest BCUT2D eigenvalue weighted by atomic mass is 9.93. The molecule has 0 aliphatic carbocycles. The van der Waals surface area contributed by atoms with Crippen LogP contribution in [-0.4, -0.2) is 18.0 Å². The molecular weight excluding hydrogens is 244 g/mol. The van der Waals surface area contributed by atoms with Crippen LogP contribution in [0.1, 0.15) is 42.9 Å². The SMILES string of the molecule is CCc1ccc(CNC(=O)C2(CC)CCCN2)s1. The third-order valence-electron chi connectivity index (χ3n) is 3.77. The molecule has 1 aromatic rings. The van der Waals surface area contributed by atoms with Crippen LogP contribution in [0.5, 0.6) is 0 Å². The maximum atomic E-state index is 12.3. The molecule has 4 heteroatoms. The van der Waals surface area contributed by atoms with Gasteiger partial charge in [0.15, 0.2) is 0 Å². The maximum absolute atomic E-state index is 12.3. The average Bonchev–Trinajstić information content (AvgIpc) is 3.05. The first-order valence-corrected chi connectivity index (χ1v) is 7.63. The zero-order valence-electron chi connectivity index (χ0n) is 11.2. The van der Waals surface area contributed by atoms with Crippen LogP contribution < -0.4 is 10.6 Å². The van der Waals surface area contributed by atoms with E-state index in [4.69, 9.17) is 0 Å². The van der Waals surface area contributed by atoms with Gasteiger partial charge in [-0.05, 0) is 44.4 Å². The minimum absolute atomic E-state index is 0.161. The fourth-order valence-corrected chi connectivity index (χ4v) is 3.40. The Labute approximate surface area is 113 Å². The quantitative estimate of drug-likeness (QED) is 0.859.